The molecular formula is C10H17N. The Bertz CT molecular complexity index is 177. The van der Waals surface area contributed by atoms with Crippen molar-refractivity contribution < 1.29 is 0 Å². The van der Waals surface area contributed by atoms with E-state index in [1.807, 2.05) is 0 Å². The highest BCUT2D eigenvalue weighted by Gasteiger charge is 2.03. The topological polar surface area (TPSA) is 3.24 Å². The first kappa shape index (κ1) is 8.38. The van der Waals surface area contributed by atoms with Crippen LogP contribution in [-0.2, 0) is 0 Å². The van der Waals surface area contributed by atoms with Crippen LogP contribution in [0.1, 0.15) is 19.8 Å². The summed E-state index contributed by atoms with van der Waals surface area (Å²) in [6.07, 6.45) is 9.26. The Morgan fingerprint density at radius 3 is 2.82 bits per heavy atom. The smallest absolute Gasteiger partial charge is 0.00959 e. The van der Waals surface area contributed by atoms with Crippen molar-refractivity contribution in [2.45, 2.75) is 19.8 Å². The van der Waals surface area contributed by atoms with Gasteiger partial charge >= 0.3 is 0 Å². The van der Waals surface area contributed by atoms with Crippen LogP contribution in [0.5, 0.6) is 0 Å². The van der Waals surface area contributed by atoms with Gasteiger partial charge in [0.1, 0.15) is 0 Å². The summed E-state index contributed by atoms with van der Waals surface area (Å²) in [5.74, 6) is 0.606. The van der Waals surface area contributed by atoms with Crippen LogP contribution >= 0.6 is 0 Å². The molecule has 0 N–H and O–H groups in total. The Hall–Kier alpha value is -0.720. The quantitative estimate of drug-likeness (QED) is 0.520. The normalized spacial score (nSPS) is 24.3. The zero-order valence-corrected chi connectivity index (χ0v) is 7.67. The highest BCUT2D eigenvalue weighted by molar-refractivity contribution is 5.11. The maximum Gasteiger partial charge on any atom is 0.00959 e. The highest BCUT2D eigenvalue weighted by atomic mass is 15.1. The first-order valence-electron chi connectivity index (χ1n) is 4.25. The molecule has 0 saturated heterocycles. The summed E-state index contributed by atoms with van der Waals surface area (Å²) >= 11 is 0. The molecule has 0 aromatic rings. The van der Waals surface area contributed by atoms with Crippen molar-refractivity contribution in [1.82, 2.24) is 4.90 Å². The molecule has 0 fully saturated rings. The molecule has 0 saturated carbocycles. The lowest BCUT2D eigenvalue weighted by Gasteiger charge is -2.16. The van der Waals surface area contributed by atoms with Gasteiger partial charge in [-0.25, -0.2) is 0 Å². The summed E-state index contributed by atoms with van der Waals surface area (Å²) in [5.41, 5.74) is 1.46. The highest BCUT2D eigenvalue weighted by Crippen LogP contribution is 2.16. The van der Waals surface area contributed by atoms with Crippen molar-refractivity contribution in [3.8, 4) is 0 Å². The van der Waals surface area contributed by atoms with Gasteiger partial charge in [-0.05, 0) is 18.8 Å². The van der Waals surface area contributed by atoms with E-state index in [0.717, 1.165) is 0 Å². The molecule has 1 heteroatoms. The number of nitrogens with zero attached hydrogens (tertiary/aromatic N) is 1. The molecule has 0 spiro atoms. The maximum absolute atomic E-state index is 2.34. The minimum absolute atomic E-state index is 0.606. The van der Waals surface area contributed by atoms with E-state index < -0.39 is 0 Å². The predicted octanol–water partition coefficient (Wildman–Crippen LogP) is 2.42. The second-order valence-corrected chi connectivity index (χ2v) is 3.38. The summed E-state index contributed by atoms with van der Waals surface area (Å²) in [5, 5.41) is 0. The molecule has 0 bridgehead atoms. The Morgan fingerprint density at radius 1 is 1.45 bits per heavy atom. The molecule has 11 heavy (non-hydrogen) atoms. The number of rotatable bonds is 1. The van der Waals surface area contributed by atoms with Gasteiger partial charge in [0.2, 0.25) is 0 Å². The molecule has 1 unspecified atom stereocenters. The molecule has 0 radical (unpaired) electrons. The van der Waals surface area contributed by atoms with Crippen LogP contribution in [0.2, 0.25) is 0 Å². The van der Waals surface area contributed by atoms with Gasteiger partial charge in [0.05, 0.1) is 0 Å². The second-order valence-electron chi connectivity index (χ2n) is 3.38. The third-order valence-corrected chi connectivity index (χ3v) is 2.04. The first-order valence-corrected chi connectivity index (χ1v) is 4.25. The molecule has 1 rings (SSSR count). The van der Waals surface area contributed by atoms with Gasteiger partial charge in [0.15, 0.2) is 0 Å². The van der Waals surface area contributed by atoms with Crippen molar-refractivity contribution >= 4 is 0 Å². The van der Waals surface area contributed by atoms with Crippen molar-refractivity contribution in [2.24, 2.45) is 5.92 Å². The van der Waals surface area contributed by atoms with Crippen molar-refractivity contribution in [3.05, 3.63) is 23.9 Å². The van der Waals surface area contributed by atoms with Crippen LogP contribution in [0.25, 0.3) is 0 Å². The maximum atomic E-state index is 2.34. The molecule has 1 nitrogen and oxygen atoms in total. The average Bonchev–Trinajstić information content (AvgIpc) is 2.13. The molecule has 1 aliphatic rings. The summed E-state index contributed by atoms with van der Waals surface area (Å²) < 4.78 is 0. The van der Waals surface area contributed by atoms with Crippen LogP contribution in [-0.4, -0.2) is 19.0 Å². The lowest BCUT2D eigenvalue weighted by atomic mass is 10.1. The molecule has 1 aliphatic carbocycles. The SMILES string of the molecule is CC1C=CCCC(N(C)C)=C1. The number of allylic oxidation sites excluding steroid dienone is 4. The molecule has 1 atom stereocenters. The van der Waals surface area contributed by atoms with Crippen LogP contribution in [0.3, 0.4) is 0 Å². The fourth-order valence-electron chi connectivity index (χ4n) is 1.36. The minimum atomic E-state index is 0.606. The van der Waals surface area contributed by atoms with Crippen LogP contribution in [0, 0.1) is 5.92 Å². The first-order chi connectivity index (χ1) is 5.20. The number of hydrogen-bond donors (Lipinski definition) is 0. The molecule has 0 aromatic carbocycles. The van der Waals surface area contributed by atoms with Crippen molar-refractivity contribution in [1.29, 1.82) is 0 Å². The lowest BCUT2D eigenvalue weighted by Crippen LogP contribution is -2.11. The molecule has 0 aliphatic heterocycles. The molecule has 0 heterocycles. The minimum Gasteiger partial charge on any atom is -0.381 e. The Kier molecular flexibility index (Phi) is 2.75. The summed E-state index contributed by atoms with van der Waals surface area (Å²) in [6.45, 7) is 2.23. The standard InChI is InChI=1S/C10H17N/c1-9-6-4-5-7-10(8-9)11(2)3/h4,6,8-9H,5,7H2,1-3H3. The summed E-state index contributed by atoms with van der Waals surface area (Å²) in [6, 6.07) is 0. The Labute approximate surface area is 69.4 Å². The van der Waals surface area contributed by atoms with Gasteiger partial charge in [-0.2, -0.15) is 0 Å². The zero-order valence-electron chi connectivity index (χ0n) is 7.67. The zero-order chi connectivity index (χ0) is 8.27. The summed E-state index contributed by atoms with van der Waals surface area (Å²) in [4.78, 5) is 2.21. The van der Waals surface area contributed by atoms with E-state index in [4.69, 9.17) is 0 Å². The largest absolute Gasteiger partial charge is 0.381 e. The van der Waals surface area contributed by atoms with E-state index in [1.54, 1.807) is 0 Å². The van der Waals surface area contributed by atoms with Gasteiger partial charge in [0.25, 0.3) is 0 Å². The molecular weight excluding hydrogens is 134 g/mol. The van der Waals surface area contributed by atoms with Gasteiger partial charge in [-0.1, -0.05) is 25.2 Å². The lowest BCUT2D eigenvalue weighted by molar-refractivity contribution is 0.484. The van der Waals surface area contributed by atoms with Gasteiger partial charge in [0, 0.05) is 19.8 Å². The Morgan fingerprint density at radius 2 is 2.18 bits per heavy atom. The van der Waals surface area contributed by atoms with E-state index in [2.05, 4.69) is 44.1 Å². The van der Waals surface area contributed by atoms with E-state index in [-0.39, 0.29) is 0 Å². The molecule has 0 aromatic heterocycles. The predicted molar refractivity (Wildman–Crippen MR) is 49.3 cm³/mol. The third-order valence-electron chi connectivity index (χ3n) is 2.04. The molecule has 62 valence electrons. The van der Waals surface area contributed by atoms with Crippen LogP contribution in [0.15, 0.2) is 23.9 Å². The van der Waals surface area contributed by atoms with Gasteiger partial charge in [-0.3, -0.25) is 0 Å². The second kappa shape index (κ2) is 3.61. The fourth-order valence-corrected chi connectivity index (χ4v) is 1.36. The van der Waals surface area contributed by atoms with E-state index in [1.165, 1.54) is 18.5 Å². The van der Waals surface area contributed by atoms with Gasteiger partial charge in [-0.15, -0.1) is 0 Å². The van der Waals surface area contributed by atoms with Crippen molar-refractivity contribution in [2.75, 3.05) is 14.1 Å². The van der Waals surface area contributed by atoms with E-state index in [0.29, 0.717) is 5.92 Å². The summed E-state index contributed by atoms with van der Waals surface area (Å²) in [7, 11) is 4.23. The van der Waals surface area contributed by atoms with Gasteiger partial charge < -0.3 is 4.90 Å². The Balaban J connectivity index is 2.67. The van der Waals surface area contributed by atoms with Crippen LogP contribution in [0.4, 0.5) is 0 Å². The van der Waals surface area contributed by atoms with Crippen LogP contribution < -0.4 is 0 Å². The number of hydrogen-bond acceptors (Lipinski definition) is 1. The third kappa shape index (κ3) is 2.41. The van der Waals surface area contributed by atoms with Crippen molar-refractivity contribution in [3.63, 3.8) is 0 Å². The molecule has 0 amide bonds. The fraction of sp³-hybridized carbons (Fsp3) is 0.600. The van der Waals surface area contributed by atoms with E-state index >= 15 is 0 Å². The average molecular weight is 151 g/mol. The van der Waals surface area contributed by atoms with E-state index in [9.17, 15) is 0 Å². The monoisotopic (exact) mass is 151 g/mol.